The summed E-state index contributed by atoms with van der Waals surface area (Å²) in [6, 6.07) is 10.4. The Kier molecular flexibility index (Phi) is 4.32. The molecule has 7 nitrogen and oxygen atoms in total. The maximum Gasteiger partial charge on any atom is 0.221 e. The van der Waals surface area contributed by atoms with E-state index in [9.17, 15) is 5.26 Å². The third-order valence-electron chi connectivity index (χ3n) is 5.99. The number of nitriles is 1. The molecule has 5 rings (SSSR count). The van der Waals surface area contributed by atoms with Crippen molar-refractivity contribution in [2.45, 2.75) is 43.9 Å². The van der Waals surface area contributed by atoms with Crippen LogP contribution in [-0.4, -0.2) is 19.7 Å². The summed E-state index contributed by atoms with van der Waals surface area (Å²) in [5, 5.41) is 17.5. The van der Waals surface area contributed by atoms with Gasteiger partial charge in [-0.05, 0) is 30.5 Å². The summed E-state index contributed by atoms with van der Waals surface area (Å²) >= 11 is 0. The molecule has 1 unspecified atom stereocenters. The number of aromatic nitrogens is 4. The Morgan fingerprint density at radius 3 is 2.66 bits per heavy atom. The quantitative estimate of drug-likeness (QED) is 0.711. The van der Waals surface area contributed by atoms with Crippen molar-refractivity contribution in [3.8, 4) is 17.6 Å². The van der Waals surface area contributed by atoms with Gasteiger partial charge in [0.1, 0.15) is 11.6 Å². The molecule has 2 aliphatic rings. The average molecular weight is 386 g/mol. The summed E-state index contributed by atoms with van der Waals surface area (Å²) in [6.07, 6.45) is 11.3. The Balaban J connectivity index is 1.59. The molecular weight excluding hydrogens is 364 g/mol. The first-order chi connectivity index (χ1) is 14.3. The van der Waals surface area contributed by atoms with Crippen LogP contribution in [0.5, 0.6) is 5.88 Å². The Morgan fingerprint density at radius 1 is 1.17 bits per heavy atom. The molecule has 0 spiro atoms. The Bertz CT molecular complexity index is 1080. The Labute approximate surface area is 168 Å². The summed E-state index contributed by atoms with van der Waals surface area (Å²) in [4.78, 5) is 4.10. The molecule has 7 heteroatoms. The Hall–Kier alpha value is -3.53. The maximum absolute atomic E-state index is 9.85. The van der Waals surface area contributed by atoms with Gasteiger partial charge < -0.3 is 15.0 Å². The Morgan fingerprint density at radius 2 is 1.97 bits per heavy atom. The molecule has 1 atom stereocenters. The summed E-state index contributed by atoms with van der Waals surface area (Å²) in [5.41, 5.74) is 10.5. The van der Waals surface area contributed by atoms with Crippen molar-refractivity contribution in [1.82, 2.24) is 19.7 Å². The van der Waals surface area contributed by atoms with Gasteiger partial charge in [-0.1, -0.05) is 31.4 Å². The number of H-pyrrole nitrogens is 1. The van der Waals surface area contributed by atoms with Crippen molar-refractivity contribution in [2.24, 2.45) is 5.73 Å². The fourth-order valence-corrected chi connectivity index (χ4v) is 4.55. The fraction of sp³-hybridized carbons (Fsp3) is 0.318. The summed E-state index contributed by atoms with van der Waals surface area (Å²) in [6.45, 7) is 0. The molecule has 0 radical (unpaired) electrons. The van der Waals surface area contributed by atoms with E-state index in [2.05, 4.69) is 21.3 Å². The third-order valence-corrected chi connectivity index (χ3v) is 5.99. The van der Waals surface area contributed by atoms with Crippen LogP contribution in [0.3, 0.4) is 0 Å². The van der Waals surface area contributed by atoms with Crippen molar-refractivity contribution in [1.29, 1.82) is 5.26 Å². The second-order valence-corrected chi connectivity index (χ2v) is 7.67. The molecule has 1 aliphatic heterocycles. The molecule has 1 saturated carbocycles. The largest absolute Gasteiger partial charge is 0.422 e. The van der Waals surface area contributed by atoms with E-state index in [0.717, 1.165) is 35.3 Å². The number of rotatable bonds is 3. The van der Waals surface area contributed by atoms with Crippen LogP contribution in [0.2, 0.25) is 0 Å². The number of hydrogen-bond acceptors (Lipinski definition) is 5. The van der Waals surface area contributed by atoms with Crippen LogP contribution in [0, 0.1) is 11.3 Å². The number of hydrogen-bond donors (Lipinski definition) is 2. The van der Waals surface area contributed by atoms with Crippen molar-refractivity contribution < 1.29 is 4.74 Å². The maximum atomic E-state index is 9.85. The van der Waals surface area contributed by atoms with Gasteiger partial charge in [-0.25, -0.2) is 10.1 Å². The first kappa shape index (κ1) is 17.6. The second kappa shape index (κ2) is 7.13. The molecule has 2 aromatic heterocycles. The highest BCUT2D eigenvalue weighted by Gasteiger charge is 2.37. The fourth-order valence-electron chi connectivity index (χ4n) is 4.55. The normalized spacial score (nSPS) is 19.5. The highest BCUT2D eigenvalue weighted by atomic mass is 16.5. The van der Waals surface area contributed by atoms with Crippen LogP contribution in [-0.2, 0) is 0 Å². The topological polar surface area (TPSA) is 106 Å². The van der Waals surface area contributed by atoms with Gasteiger partial charge in [-0.3, -0.25) is 0 Å². The SMILES string of the molecule is N#CC1=C(N)Oc2[nH]nc(C3CCCCC3)c2C1c1ccc(-n2ccnc2)cc1. The predicted molar refractivity (Wildman–Crippen MR) is 107 cm³/mol. The monoisotopic (exact) mass is 386 g/mol. The van der Waals surface area contributed by atoms with Gasteiger partial charge in [-0.2, -0.15) is 10.4 Å². The van der Waals surface area contributed by atoms with Gasteiger partial charge in [0.2, 0.25) is 11.8 Å². The van der Waals surface area contributed by atoms with Crippen LogP contribution < -0.4 is 10.5 Å². The molecule has 0 bridgehead atoms. The zero-order chi connectivity index (χ0) is 19.8. The van der Waals surface area contributed by atoms with E-state index in [1.54, 1.807) is 12.5 Å². The predicted octanol–water partition coefficient (Wildman–Crippen LogP) is 3.86. The molecule has 3 N–H and O–H groups in total. The number of ether oxygens (including phenoxy) is 1. The highest BCUT2D eigenvalue weighted by Crippen LogP contribution is 2.46. The van der Waals surface area contributed by atoms with Crippen molar-refractivity contribution in [3.05, 3.63) is 71.3 Å². The molecule has 1 aromatic carbocycles. The number of benzene rings is 1. The van der Waals surface area contributed by atoms with E-state index in [0.29, 0.717) is 17.4 Å². The lowest BCUT2D eigenvalue weighted by Crippen LogP contribution is -2.22. The van der Waals surface area contributed by atoms with E-state index >= 15 is 0 Å². The van der Waals surface area contributed by atoms with Crippen molar-refractivity contribution in [2.75, 3.05) is 0 Å². The van der Waals surface area contributed by atoms with E-state index in [4.69, 9.17) is 10.5 Å². The number of imidazole rings is 1. The molecule has 0 amide bonds. The van der Waals surface area contributed by atoms with Crippen molar-refractivity contribution in [3.63, 3.8) is 0 Å². The summed E-state index contributed by atoms with van der Waals surface area (Å²) in [5.74, 6) is 0.809. The standard InChI is InChI=1S/C22H22N6O/c23-12-17-18(14-6-8-16(9-7-14)28-11-10-25-13-28)19-20(15-4-2-1-3-5-15)26-27-22(19)29-21(17)24/h6-11,13,15,18H,1-5,24H2,(H,26,27). The number of allylic oxidation sites excluding steroid dienone is 1. The smallest absolute Gasteiger partial charge is 0.221 e. The van der Waals surface area contributed by atoms with Gasteiger partial charge >= 0.3 is 0 Å². The van der Waals surface area contributed by atoms with E-state index in [1.165, 1.54) is 19.3 Å². The molecule has 146 valence electrons. The first-order valence-electron chi connectivity index (χ1n) is 10.0. The number of nitrogens with two attached hydrogens (primary N) is 1. The molecule has 29 heavy (non-hydrogen) atoms. The number of fused-ring (bicyclic) bond motifs is 1. The lowest BCUT2D eigenvalue weighted by atomic mass is 9.78. The molecule has 3 aromatic rings. The average Bonchev–Trinajstić information content (AvgIpc) is 3.44. The van der Waals surface area contributed by atoms with E-state index in [1.807, 2.05) is 35.0 Å². The highest BCUT2D eigenvalue weighted by molar-refractivity contribution is 5.56. The summed E-state index contributed by atoms with van der Waals surface area (Å²) < 4.78 is 7.69. The van der Waals surface area contributed by atoms with Gasteiger partial charge in [0.05, 0.1) is 23.5 Å². The summed E-state index contributed by atoms with van der Waals surface area (Å²) in [7, 11) is 0. The van der Waals surface area contributed by atoms with Crippen LogP contribution in [0.4, 0.5) is 0 Å². The molecule has 3 heterocycles. The lowest BCUT2D eigenvalue weighted by molar-refractivity contribution is 0.377. The minimum absolute atomic E-state index is 0.141. The minimum atomic E-state index is -0.281. The van der Waals surface area contributed by atoms with Gasteiger partial charge in [0.25, 0.3) is 0 Å². The first-order valence-corrected chi connectivity index (χ1v) is 10.0. The third kappa shape index (κ3) is 2.97. The van der Waals surface area contributed by atoms with Crippen LogP contribution >= 0.6 is 0 Å². The molecular formula is C22H22N6O. The lowest BCUT2D eigenvalue weighted by Gasteiger charge is -2.27. The minimum Gasteiger partial charge on any atom is -0.422 e. The van der Waals surface area contributed by atoms with Gasteiger partial charge in [0, 0.05) is 24.0 Å². The van der Waals surface area contributed by atoms with Gasteiger partial charge in [-0.15, -0.1) is 0 Å². The molecule has 0 saturated heterocycles. The van der Waals surface area contributed by atoms with Crippen LogP contribution in [0.25, 0.3) is 5.69 Å². The van der Waals surface area contributed by atoms with Crippen LogP contribution in [0.15, 0.2) is 54.4 Å². The van der Waals surface area contributed by atoms with E-state index in [-0.39, 0.29) is 11.8 Å². The number of nitrogens with one attached hydrogen (secondary N) is 1. The zero-order valence-corrected chi connectivity index (χ0v) is 16.0. The number of nitrogens with zero attached hydrogens (tertiary/aromatic N) is 4. The molecule has 1 fully saturated rings. The van der Waals surface area contributed by atoms with E-state index < -0.39 is 0 Å². The number of aromatic amines is 1. The van der Waals surface area contributed by atoms with Crippen LogP contribution in [0.1, 0.15) is 60.8 Å². The zero-order valence-electron chi connectivity index (χ0n) is 16.0. The second-order valence-electron chi connectivity index (χ2n) is 7.67. The van der Waals surface area contributed by atoms with Gasteiger partial charge in [0.15, 0.2) is 0 Å². The van der Waals surface area contributed by atoms with Crippen molar-refractivity contribution >= 4 is 0 Å². The molecule has 1 aliphatic carbocycles.